The number of hydrogen-bond donors (Lipinski definition) is 1. The Labute approximate surface area is 121 Å². The maximum atomic E-state index is 11.0. The summed E-state index contributed by atoms with van der Waals surface area (Å²) in [7, 11) is 3.24. The summed E-state index contributed by atoms with van der Waals surface area (Å²) in [5, 5.41) is 13.5. The Kier molecular flexibility index (Phi) is 3.72. The first-order valence-corrected chi connectivity index (χ1v) is 6.36. The van der Waals surface area contributed by atoms with Gasteiger partial charge in [0.25, 0.3) is 0 Å². The van der Waals surface area contributed by atoms with Crippen molar-refractivity contribution < 1.29 is 14.6 Å². The van der Waals surface area contributed by atoms with Gasteiger partial charge in [0.05, 0.1) is 23.4 Å². The molecule has 0 radical (unpaired) electrons. The van der Waals surface area contributed by atoms with Crippen molar-refractivity contribution in [3.8, 4) is 17.0 Å². The molecule has 0 amide bonds. The number of methoxy groups -OCH3 is 1. The van der Waals surface area contributed by atoms with Crippen molar-refractivity contribution in [1.29, 1.82) is 0 Å². The van der Waals surface area contributed by atoms with Crippen LogP contribution in [0.1, 0.15) is 21.6 Å². The smallest absolute Gasteiger partial charge is 0.356 e. The Morgan fingerprint density at radius 1 is 1.35 bits per heavy atom. The van der Waals surface area contributed by atoms with Crippen LogP contribution < -0.4 is 4.74 Å². The monoisotopic (exact) mass is 294 g/mol. The highest BCUT2D eigenvalue weighted by molar-refractivity contribution is 6.34. The molecule has 1 N–H and O–H groups in total. The van der Waals surface area contributed by atoms with Crippen LogP contribution in [0.5, 0.6) is 5.75 Å². The molecule has 6 heteroatoms. The number of carboxylic acids is 1. The number of hydrogen-bond acceptors (Lipinski definition) is 3. The van der Waals surface area contributed by atoms with E-state index >= 15 is 0 Å². The quantitative estimate of drug-likeness (QED) is 0.945. The number of ether oxygens (including phenoxy) is 1. The zero-order valence-corrected chi connectivity index (χ0v) is 12.4. The average Bonchev–Trinajstić information content (AvgIpc) is 2.75. The minimum Gasteiger partial charge on any atom is -0.496 e. The molecule has 0 aliphatic heterocycles. The fraction of sp³-hybridized carbons (Fsp3) is 0.286. The summed E-state index contributed by atoms with van der Waals surface area (Å²) in [6, 6.07) is 3.42. The first kappa shape index (κ1) is 14.4. The van der Waals surface area contributed by atoms with E-state index in [9.17, 15) is 4.79 Å². The van der Waals surface area contributed by atoms with Crippen molar-refractivity contribution in [2.24, 2.45) is 7.05 Å². The third-order valence-electron chi connectivity index (χ3n) is 3.14. The topological polar surface area (TPSA) is 64.3 Å². The number of aromatic carboxylic acids is 1. The molecular formula is C14H15ClN2O3. The van der Waals surface area contributed by atoms with Gasteiger partial charge in [-0.1, -0.05) is 17.7 Å². The summed E-state index contributed by atoms with van der Waals surface area (Å²) < 4.78 is 6.91. The van der Waals surface area contributed by atoms with Crippen molar-refractivity contribution in [1.82, 2.24) is 9.78 Å². The Morgan fingerprint density at radius 3 is 2.50 bits per heavy atom. The Morgan fingerprint density at radius 2 is 2.00 bits per heavy atom. The van der Waals surface area contributed by atoms with E-state index in [-0.39, 0.29) is 5.69 Å². The molecule has 0 aliphatic rings. The van der Waals surface area contributed by atoms with Gasteiger partial charge in [-0.15, -0.1) is 0 Å². The van der Waals surface area contributed by atoms with Gasteiger partial charge in [0.2, 0.25) is 0 Å². The van der Waals surface area contributed by atoms with Crippen LogP contribution in [0.15, 0.2) is 12.1 Å². The molecule has 2 aromatic rings. The first-order chi connectivity index (χ1) is 9.36. The van der Waals surface area contributed by atoms with Crippen molar-refractivity contribution in [3.05, 3.63) is 34.0 Å². The summed E-state index contributed by atoms with van der Waals surface area (Å²) in [6.45, 7) is 3.81. The van der Waals surface area contributed by atoms with Gasteiger partial charge >= 0.3 is 5.97 Å². The SMILES string of the molecule is COc1c(C)cc(C)c(Cl)c1-c1cc(C(=O)O)nn1C. The fourth-order valence-electron chi connectivity index (χ4n) is 2.25. The van der Waals surface area contributed by atoms with Gasteiger partial charge in [-0.3, -0.25) is 4.68 Å². The van der Waals surface area contributed by atoms with Gasteiger partial charge in [0.15, 0.2) is 5.69 Å². The maximum Gasteiger partial charge on any atom is 0.356 e. The molecule has 2 rings (SSSR count). The van der Waals surface area contributed by atoms with E-state index in [1.807, 2.05) is 19.9 Å². The van der Waals surface area contributed by atoms with Crippen molar-refractivity contribution in [3.63, 3.8) is 0 Å². The Hall–Kier alpha value is -2.01. The molecule has 1 heterocycles. The van der Waals surface area contributed by atoms with Gasteiger partial charge in [-0.2, -0.15) is 5.10 Å². The highest BCUT2D eigenvalue weighted by atomic mass is 35.5. The van der Waals surface area contributed by atoms with Crippen LogP contribution in [-0.2, 0) is 7.05 Å². The number of nitrogens with zero attached hydrogens (tertiary/aromatic N) is 2. The maximum absolute atomic E-state index is 11.0. The van der Waals surface area contributed by atoms with Gasteiger partial charge in [0.1, 0.15) is 5.75 Å². The molecule has 0 atom stereocenters. The summed E-state index contributed by atoms with van der Waals surface area (Å²) in [5.41, 5.74) is 3.07. The molecule has 0 fully saturated rings. The lowest BCUT2D eigenvalue weighted by molar-refractivity contribution is 0.0689. The average molecular weight is 295 g/mol. The standard InChI is InChI=1S/C14H15ClN2O3/c1-7-5-8(2)13(20-4)11(12(7)15)10-6-9(14(18)19)16-17(10)3/h5-6H,1-4H3,(H,18,19). The number of halogens is 1. The van der Waals surface area contributed by atoms with Crippen LogP contribution in [0.4, 0.5) is 0 Å². The third kappa shape index (κ3) is 2.25. The van der Waals surface area contributed by atoms with E-state index in [4.69, 9.17) is 21.4 Å². The molecule has 0 aliphatic carbocycles. The van der Waals surface area contributed by atoms with E-state index in [0.29, 0.717) is 22.0 Å². The summed E-state index contributed by atoms with van der Waals surface area (Å²) in [4.78, 5) is 11.0. The zero-order valence-electron chi connectivity index (χ0n) is 11.7. The lowest BCUT2D eigenvalue weighted by Gasteiger charge is -2.15. The number of aryl methyl sites for hydroxylation is 3. The van der Waals surface area contributed by atoms with E-state index in [0.717, 1.165) is 11.1 Å². The van der Waals surface area contributed by atoms with Crippen LogP contribution >= 0.6 is 11.6 Å². The number of carbonyl (C=O) groups is 1. The van der Waals surface area contributed by atoms with Gasteiger partial charge < -0.3 is 9.84 Å². The molecule has 0 saturated carbocycles. The Bertz CT molecular complexity index is 692. The highest BCUT2D eigenvalue weighted by Gasteiger charge is 2.21. The van der Waals surface area contributed by atoms with E-state index < -0.39 is 5.97 Å². The predicted octanol–water partition coefficient (Wildman–Crippen LogP) is 3.06. The van der Waals surface area contributed by atoms with Crippen LogP contribution in [-0.4, -0.2) is 28.0 Å². The van der Waals surface area contributed by atoms with Gasteiger partial charge in [-0.25, -0.2) is 4.79 Å². The van der Waals surface area contributed by atoms with E-state index in [1.54, 1.807) is 14.2 Å². The molecule has 5 nitrogen and oxygen atoms in total. The van der Waals surface area contributed by atoms with Gasteiger partial charge in [-0.05, 0) is 31.0 Å². The van der Waals surface area contributed by atoms with E-state index in [2.05, 4.69) is 5.10 Å². The molecule has 1 aromatic heterocycles. The lowest BCUT2D eigenvalue weighted by Crippen LogP contribution is -2.01. The largest absolute Gasteiger partial charge is 0.496 e. The minimum absolute atomic E-state index is 0.0280. The number of rotatable bonds is 3. The van der Waals surface area contributed by atoms with Gasteiger partial charge in [0, 0.05) is 7.05 Å². The molecule has 106 valence electrons. The number of carboxylic acid groups (broad SMARTS) is 1. The summed E-state index contributed by atoms with van der Waals surface area (Å²) in [5.74, 6) is -0.452. The highest BCUT2D eigenvalue weighted by Crippen LogP contribution is 2.40. The van der Waals surface area contributed by atoms with Crippen molar-refractivity contribution in [2.45, 2.75) is 13.8 Å². The fourth-order valence-corrected chi connectivity index (χ4v) is 2.48. The molecule has 0 spiro atoms. The van der Waals surface area contributed by atoms with E-state index in [1.165, 1.54) is 10.7 Å². The number of aromatic nitrogens is 2. The molecular weight excluding hydrogens is 280 g/mol. The second-order valence-electron chi connectivity index (χ2n) is 4.58. The molecule has 0 unspecified atom stereocenters. The lowest BCUT2D eigenvalue weighted by atomic mass is 10.0. The number of benzene rings is 1. The summed E-state index contributed by atoms with van der Waals surface area (Å²) >= 11 is 6.38. The second-order valence-corrected chi connectivity index (χ2v) is 4.95. The van der Waals surface area contributed by atoms with Crippen molar-refractivity contribution >= 4 is 17.6 Å². The third-order valence-corrected chi connectivity index (χ3v) is 3.63. The molecule has 0 bridgehead atoms. The van der Waals surface area contributed by atoms with Crippen LogP contribution in [0.25, 0.3) is 11.3 Å². The summed E-state index contributed by atoms with van der Waals surface area (Å²) in [6.07, 6.45) is 0. The minimum atomic E-state index is -1.08. The van der Waals surface area contributed by atoms with Crippen molar-refractivity contribution in [2.75, 3.05) is 7.11 Å². The van der Waals surface area contributed by atoms with Crippen LogP contribution in [0, 0.1) is 13.8 Å². The molecule has 0 saturated heterocycles. The first-order valence-electron chi connectivity index (χ1n) is 5.98. The molecule has 1 aromatic carbocycles. The normalized spacial score (nSPS) is 10.7. The molecule has 20 heavy (non-hydrogen) atoms. The second kappa shape index (κ2) is 5.17. The zero-order chi connectivity index (χ0) is 15.0. The Balaban J connectivity index is 2.78. The van der Waals surface area contributed by atoms with Crippen LogP contribution in [0.3, 0.4) is 0 Å². The van der Waals surface area contributed by atoms with Crippen LogP contribution in [0.2, 0.25) is 5.02 Å². The predicted molar refractivity (Wildman–Crippen MR) is 76.6 cm³/mol.